The van der Waals surface area contributed by atoms with Gasteiger partial charge in [0, 0.05) is 38.1 Å². The molecule has 150 valence electrons. The van der Waals surface area contributed by atoms with Crippen LogP contribution in [0.2, 0.25) is 0 Å². The topological polar surface area (TPSA) is 58.4 Å². The lowest BCUT2D eigenvalue weighted by atomic mass is 9.87. The fourth-order valence-corrected chi connectivity index (χ4v) is 4.17. The van der Waals surface area contributed by atoms with E-state index in [0.717, 1.165) is 29.8 Å². The molecule has 1 atom stereocenters. The lowest BCUT2D eigenvalue weighted by Crippen LogP contribution is -2.41. The van der Waals surface area contributed by atoms with Crippen LogP contribution in [0.1, 0.15) is 28.8 Å². The number of aliphatic hydroxyl groups is 1. The molecule has 3 aromatic rings. The predicted octanol–water partition coefficient (Wildman–Crippen LogP) is 3.54. The summed E-state index contributed by atoms with van der Waals surface area (Å²) in [4.78, 5) is 19.5. The first-order valence-electron chi connectivity index (χ1n) is 10.2. The van der Waals surface area contributed by atoms with Crippen LogP contribution in [0, 0.1) is 5.92 Å². The number of nitrogens with zero attached hydrogens (tertiary/aromatic N) is 3. The first-order valence-corrected chi connectivity index (χ1v) is 10.2. The van der Waals surface area contributed by atoms with Crippen molar-refractivity contribution in [1.82, 2.24) is 14.5 Å². The van der Waals surface area contributed by atoms with Gasteiger partial charge < -0.3 is 14.6 Å². The number of amides is 1. The second-order valence-electron chi connectivity index (χ2n) is 7.79. The molecule has 1 aliphatic heterocycles. The van der Waals surface area contributed by atoms with Crippen molar-refractivity contribution in [2.45, 2.75) is 25.4 Å². The molecule has 1 N–H and O–H groups in total. The van der Waals surface area contributed by atoms with Gasteiger partial charge in [-0.05, 0) is 36.8 Å². The Bertz CT molecular complexity index is 959. The van der Waals surface area contributed by atoms with Crippen molar-refractivity contribution in [3.05, 3.63) is 78.1 Å². The summed E-state index contributed by atoms with van der Waals surface area (Å²) in [5.74, 6) is 1.06. The second kappa shape index (κ2) is 8.62. The Morgan fingerprint density at radius 1 is 1.10 bits per heavy atom. The highest BCUT2D eigenvalue weighted by Crippen LogP contribution is 2.27. The number of imidazole rings is 1. The van der Waals surface area contributed by atoms with Crippen LogP contribution in [0.4, 0.5) is 0 Å². The van der Waals surface area contributed by atoms with Crippen molar-refractivity contribution < 1.29 is 9.90 Å². The maximum Gasteiger partial charge on any atom is 0.254 e. The normalized spacial score (nSPS) is 16.0. The first kappa shape index (κ1) is 19.4. The van der Waals surface area contributed by atoms with E-state index in [1.807, 2.05) is 65.2 Å². The van der Waals surface area contributed by atoms with Crippen LogP contribution in [-0.2, 0) is 13.5 Å². The Kier molecular flexibility index (Phi) is 5.76. The van der Waals surface area contributed by atoms with E-state index in [1.54, 1.807) is 6.20 Å². The molecule has 1 aliphatic rings. The number of piperidine rings is 1. The van der Waals surface area contributed by atoms with Crippen LogP contribution in [-0.4, -0.2) is 44.7 Å². The SMILES string of the molecule is Cn1ccnc1-c1ccccc1C(=O)N1CCC([C@H](O)Cc2ccccc2)CC1. The van der Waals surface area contributed by atoms with Crippen LogP contribution < -0.4 is 0 Å². The van der Waals surface area contributed by atoms with E-state index in [0.29, 0.717) is 25.1 Å². The summed E-state index contributed by atoms with van der Waals surface area (Å²) in [7, 11) is 1.93. The molecule has 0 unspecified atom stereocenters. The van der Waals surface area contributed by atoms with Gasteiger partial charge in [-0.3, -0.25) is 4.79 Å². The summed E-state index contributed by atoms with van der Waals surface area (Å²) in [6.45, 7) is 1.34. The van der Waals surface area contributed by atoms with Gasteiger partial charge in [0.1, 0.15) is 5.82 Å². The molecular weight excluding hydrogens is 362 g/mol. The standard InChI is InChI=1S/C24H27N3O2/c1-26-16-13-25-23(26)20-9-5-6-10-21(20)24(29)27-14-11-19(12-15-27)22(28)17-18-7-3-2-4-8-18/h2-10,13,16,19,22,28H,11-12,14-15,17H2,1H3/t22-/m1/s1. The second-order valence-corrected chi connectivity index (χ2v) is 7.79. The molecule has 0 bridgehead atoms. The minimum Gasteiger partial charge on any atom is -0.392 e. The number of aromatic nitrogens is 2. The summed E-state index contributed by atoms with van der Waals surface area (Å²) in [6.07, 6.45) is 5.58. The molecule has 1 fully saturated rings. The largest absolute Gasteiger partial charge is 0.392 e. The third kappa shape index (κ3) is 4.25. The Labute approximate surface area is 171 Å². The Morgan fingerprint density at radius 2 is 1.79 bits per heavy atom. The molecular formula is C24H27N3O2. The molecule has 2 heterocycles. The van der Waals surface area contributed by atoms with Crippen molar-refractivity contribution in [1.29, 1.82) is 0 Å². The van der Waals surface area contributed by atoms with E-state index >= 15 is 0 Å². The summed E-state index contributed by atoms with van der Waals surface area (Å²) < 4.78 is 1.93. The van der Waals surface area contributed by atoms with E-state index in [4.69, 9.17) is 0 Å². The summed E-state index contributed by atoms with van der Waals surface area (Å²) in [5, 5.41) is 10.7. The number of carbonyl (C=O) groups is 1. The maximum absolute atomic E-state index is 13.2. The first-order chi connectivity index (χ1) is 14.1. The number of aryl methyl sites for hydroxylation is 1. The van der Waals surface area contributed by atoms with Crippen molar-refractivity contribution in [2.24, 2.45) is 13.0 Å². The zero-order valence-corrected chi connectivity index (χ0v) is 16.7. The lowest BCUT2D eigenvalue weighted by molar-refractivity contribution is 0.0468. The van der Waals surface area contributed by atoms with E-state index in [-0.39, 0.29) is 17.9 Å². The van der Waals surface area contributed by atoms with E-state index in [9.17, 15) is 9.90 Å². The molecule has 1 saturated heterocycles. The molecule has 5 nitrogen and oxygen atoms in total. The van der Waals surface area contributed by atoms with Gasteiger partial charge in [-0.2, -0.15) is 0 Å². The number of carbonyl (C=O) groups excluding carboxylic acids is 1. The summed E-state index contributed by atoms with van der Waals surface area (Å²) in [6, 6.07) is 17.8. The zero-order chi connectivity index (χ0) is 20.2. The van der Waals surface area contributed by atoms with E-state index in [1.165, 1.54) is 0 Å². The third-order valence-corrected chi connectivity index (χ3v) is 5.88. The van der Waals surface area contributed by atoms with Crippen molar-refractivity contribution >= 4 is 5.91 Å². The Hall–Kier alpha value is -2.92. The average molecular weight is 389 g/mol. The number of hydrogen-bond donors (Lipinski definition) is 1. The number of rotatable bonds is 5. The van der Waals surface area contributed by atoms with Gasteiger partial charge in [0.25, 0.3) is 5.91 Å². The van der Waals surface area contributed by atoms with Crippen molar-refractivity contribution in [3.8, 4) is 11.4 Å². The van der Waals surface area contributed by atoms with Crippen LogP contribution in [0.15, 0.2) is 67.0 Å². The van der Waals surface area contributed by atoms with Crippen LogP contribution in [0.5, 0.6) is 0 Å². The molecule has 0 saturated carbocycles. The molecule has 0 spiro atoms. The summed E-state index contributed by atoms with van der Waals surface area (Å²) in [5.41, 5.74) is 2.70. The lowest BCUT2D eigenvalue weighted by Gasteiger charge is -2.34. The van der Waals surface area contributed by atoms with Gasteiger partial charge >= 0.3 is 0 Å². The highest BCUT2D eigenvalue weighted by Gasteiger charge is 2.29. The average Bonchev–Trinajstić information content (AvgIpc) is 3.20. The van der Waals surface area contributed by atoms with Gasteiger partial charge in [-0.1, -0.05) is 48.5 Å². The fourth-order valence-electron chi connectivity index (χ4n) is 4.17. The van der Waals surface area contributed by atoms with E-state index < -0.39 is 0 Å². The minimum atomic E-state index is -0.366. The molecule has 4 rings (SSSR count). The van der Waals surface area contributed by atoms with Gasteiger partial charge in [0.15, 0.2) is 0 Å². The van der Waals surface area contributed by atoms with Gasteiger partial charge in [-0.15, -0.1) is 0 Å². The summed E-state index contributed by atoms with van der Waals surface area (Å²) >= 11 is 0. The molecule has 5 heteroatoms. The monoisotopic (exact) mass is 389 g/mol. The molecule has 0 aliphatic carbocycles. The number of aliphatic hydroxyl groups excluding tert-OH is 1. The molecule has 29 heavy (non-hydrogen) atoms. The number of likely N-dealkylation sites (tertiary alicyclic amines) is 1. The predicted molar refractivity (Wildman–Crippen MR) is 113 cm³/mol. The van der Waals surface area contributed by atoms with Crippen molar-refractivity contribution in [3.63, 3.8) is 0 Å². The van der Waals surface area contributed by atoms with Crippen molar-refractivity contribution in [2.75, 3.05) is 13.1 Å². The number of hydrogen-bond acceptors (Lipinski definition) is 3. The highest BCUT2D eigenvalue weighted by atomic mass is 16.3. The third-order valence-electron chi connectivity index (χ3n) is 5.88. The quantitative estimate of drug-likeness (QED) is 0.726. The Balaban J connectivity index is 1.42. The smallest absolute Gasteiger partial charge is 0.254 e. The van der Waals surface area contributed by atoms with Crippen LogP contribution in [0.3, 0.4) is 0 Å². The minimum absolute atomic E-state index is 0.0413. The highest BCUT2D eigenvalue weighted by molar-refractivity contribution is 6.00. The Morgan fingerprint density at radius 3 is 2.48 bits per heavy atom. The van der Waals surface area contributed by atoms with Crippen LogP contribution >= 0.6 is 0 Å². The van der Waals surface area contributed by atoms with E-state index in [2.05, 4.69) is 17.1 Å². The fraction of sp³-hybridized carbons (Fsp3) is 0.333. The molecule has 0 radical (unpaired) electrons. The van der Waals surface area contributed by atoms with Gasteiger partial charge in [0.05, 0.1) is 11.7 Å². The van der Waals surface area contributed by atoms with Gasteiger partial charge in [-0.25, -0.2) is 4.98 Å². The zero-order valence-electron chi connectivity index (χ0n) is 16.7. The molecule has 1 aromatic heterocycles. The molecule has 1 amide bonds. The number of benzene rings is 2. The maximum atomic E-state index is 13.2. The van der Waals surface area contributed by atoms with Crippen LogP contribution in [0.25, 0.3) is 11.4 Å². The molecule has 2 aromatic carbocycles. The van der Waals surface area contributed by atoms with Gasteiger partial charge in [0.2, 0.25) is 0 Å².